The van der Waals surface area contributed by atoms with Gasteiger partial charge < -0.3 is 24.7 Å². The molecular formula is C20H21FN8O. The normalized spacial score (nSPS) is 14.4. The van der Waals surface area contributed by atoms with Crippen LogP contribution in [0.2, 0.25) is 0 Å². The SMILES string of the molecule is COc1nc(N2CCNCC2)cc2ncnc(Nc3cc(F)c4nc(C)cn4c3)c12. The van der Waals surface area contributed by atoms with Gasteiger partial charge in [-0.1, -0.05) is 0 Å². The molecule has 1 aliphatic rings. The molecule has 0 saturated carbocycles. The van der Waals surface area contributed by atoms with E-state index in [0.29, 0.717) is 28.3 Å². The molecule has 1 saturated heterocycles. The molecule has 5 heterocycles. The van der Waals surface area contributed by atoms with Crippen molar-refractivity contribution < 1.29 is 9.13 Å². The smallest absolute Gasteiger partial charge is 0.228 e. The molecule has 1 fully saturated rings. The molecule has 9 nitrogen and oxygen atoms in total. The van der Waals surface area contributed by atoms with E-state index in [4.69, 9.17) is 4.74 Å². The van der Waals surface area contributed by atoms with Gasteiger partial charge >= 0.3 is 0 Å². The van der Waals surface area contributed by atoms with Crippen LogP contribution in [-0.4, -0.2) is 57.6 Å². The van der Waals surface area contributed by atoms with Crippen LogP contribution in [0.15, 0.2) is 30.9 Å². The minimum absolute atomic E-state index is 0.283. The van der Waals surface area contributed by atoms with E-state index in [0.717, 1.165) is 37.7 Å². The van der Waals surface area contributed by atoms with Gasteiger partial charge in [0.2, 0.25) is 5.88 Å². The second kappa shape index (κ2) is 7.38. The van der Waals surface area contributed by atoms with Crippen LogP contribution in [0.4, 0.5) is 21.7 Å². The second-order valence-electron chi connectivity index (χ2n) is 7.16. The average Bonchev–Trinajstić information content (AvgIpc) is 3.14. The molecule has 0 radical (unpaired) electrons. The maximum absolute atomic E-state index is 14.5. The van der Waals surface area contributed by atoms with Crippen LogP contribution in [0.3, 0.4) is 0 Å². The fourth-order valence-electron chi connectivity index (χ4n) is 3.72. The lowest BCUT2D eigenvalue weighted by molar-refractivity contribution is 0.403. The van der Waals surface area contributed by atoms with Gasteiger partial charge in [0.15, 0.2) is 11.5 Å². The van der Waals surface area contributed by atoms with Crippen LogP contribution in [0.1, 0.15) is 5.69 Å². The number of rotatable bonds is 4. The fraction of sp³-hybridized carbons (Fsp3) is 0.300. The van der Waals surface area contributed by atoms with Crippen molar-refractivity contribution in [1.82, 2.24) is 29.7 Å². The molecule has 0 spiro atoms. The minimum Gasteiger partial charge on any atom is -0.480 e. The number of fused-ring (bicyclic) bond motifs is 2. The topological polar surface area (TPSA) is 92.5 Å². The zero-order valence-corrected chi connectivity index (χ0v) is 16.7. The van der Waals surface area contributed by atoms with Crippen molar-refractivity contribution in [3.05, 3.63) is 42.4 Å². The quantitative estimate of drug-likeness (QED) is 0.531. The summed E-state index contributed by atoms with van der Waals surface area (Å²) in [4.78, 5) is 19.8. The van der Waals surface area contributed by atoms with Crippen molar-refractivity contribution in [3.8, 4) is 5.88 Å². The molecule has 10 heteroatoms. The lowest BCUT2D eigenvalue weighted by Crippen LogP contribution is -2.43. The summed E-state index contributed by atoms with van der Waals surface area (Å²) in [5.74, 6) is 1.31. The molecule has 30 heavy (non-hydrogen) atoms. The number of halogens is 1. The number of hydrogen-bond donors (Lipinski definition) is 2. The summed E-state index contributed by atoms with van der Waals surface area (Å²) in [5, 5.41) is 7.15. The van der Waals surface area contributed by atoms with E-state index in [2.05, 4.69) is 35.5 Å². The van der Waals surface area contributed by atoms with Crippen molar-refractivity contribution in [2.75, 3.05) is 43.5 Å². The molecule has 2 N–H and O–H groups in total. The number of nitrogens with zero attached hydrogens (tertiary/aromatic N) is 6. The molecule has 0 amide bonds. The van der Waals surface area contributed by atoms with Gasteiger partial charge in [0, 0.05) is 50.7 Å². The molecule has 1 aliphatic heterocycles. The molecule has 0 aliphatic carbocycles. The van der Waals surface area contributed by atoms with Gasteiger partial charge in [-0.2, -0.15) is 4.98 Å². The van der Waals surface area contributed by atoms with E-state index < -0.39 is 5.82 Å². The molecule has 0 bridgehead atoms. The van der Waals surface area contributed by atoms with Gasteiger partial charge in [-0.15, -0.1) is 0 Å². The molecule has 0 aromatic carbocycles. The molecule has 4 aromatic heterocycles. The van der Waals surface area contributed by atoms with Crippen molar-refractivity contribution in [2.24, 2.45) is 0 Å². The first-order valence-corrected chi connectivity index (χ1v) is 9.69. The Labute approximate surface area is 171 Å². The van der Waals surface area contributed by atoms with Crippen LogP contribution in [0.5, 0.6) is 5.88 Å². The molecule has 0 atom stereocenters. The van der Waals surface area contributed by atoms with Gasteiger partial charge in [-0.25, -0.2) is 19.3 Å². The van der Waals surface area contributed by atoms with E-state index in [1.165, 1.54) is 12.4 Å². The summed E-state index contributed by atoms with van der Waals surface area (Å²) in [6, 6.07) is 3.32. The summed E-state index contributed by atoms with van der Waals surface area (Å²) in [6.07, 6.45) is 5.01. The standard InChI is InChI=1S/C20H21FN8O/c1-12-9-29-10-13(7-14(21)19(29)25-12)26-18-17-15(23-11-24-18)8-16(27-20(17)30-2)28-5-3-22-4-6-28/h7-11,22H,3-6H2,1-2H3,(H,23,24,26). The van der Waals surface area contributed by atoms with E-state index in [1.54, 1.807) is 23.9 Å². The van der Waals surface area contributed by atoms with Gasteiger partial charge in [-0.3, -0.25) is 0 Å². The Morgan fingerprint density at radius 2 is 1.97 bits per heavy atom. The number of ether oxygens (including phenoxy) is 1. The highest BCUT2D eigenvalue weighted by molar-refractivity contribution is 5.96. The largest absolute Gasteiger partial charge is 0.480 e. The van der Waals surface area contributed by atoms with Crippen LogP contribution in [0, 0.1) is 12.7 Å². The number of aryl methyl sites for hydroxylation is 1. The number of nitrogens with one attached hydrogen (secondary N) is 2. The van der Waals surface area contributed by atoms with Crippen molar-refractivity contribution >= 4 is 33.9 Å². The lowest BCUT2D eigenvalue weighted by atomic mass is 10.2. The van der Waals surface area contributed by atoms with Crippen molar-refractivity contribution in [2.45, 2.75) is 6.92 Å². The van der Waals surface area contributed by atoms with Gasteiger partial charge in [0.25, 0.3) is 0 Å². The highest BCUT2D eigenvalue weighted by Gasteiger charge is 2.18. The van der Waals surface area contributed by atoms with Crippen molar-refractivity contribution in [1.29, 1.82) is 0 Å². The minimum atomic E-state index is -0.419. The zero-order valence-electron chi connectivity index (χ0n) is 16.7. The Balaban J connectivity index is 1.57. The first-order chi connectivity index (χ1) is 14.6. The zero-order chi connectivity index (χ0) is 20.7. The Bertz CT molecular complexity index is 1230. The fourth-order valence-corrected chi connectivity index (χ4v) is 3.72. The third kappa shape index (κ3) is 3.24. The first kappa shape index (κ1) is 18.5. The molecule has 154 valence electrons. The van der Waals surface area contributed by atoms with E-state index in [9.17, 15) is 4.39 Å². The number of methoxy groups -OCH3 is 1. The van der Waals surface area contributed by atoms with Crippen molar-refractivity contribution in [3.63, 3.8) is 0 Å². The van der Waals surface area contributed by atoms with Gasteiger partial charge in [-0.05, 0) is 6.92 Å². The third-order valence-electron chi connectivity index (χ3n) is 5.10. The van der Waals surface area contributed by atoms with E-state index >= 15 is 0 Å². The Hall–Kier alpha value is -3.53. The van der Waals surface area contributed by atoms with Gasteiger partial charge in [0.1, 0.15) is 23.3 Å². The van der Waals surface area contributed by atoms with Crippen LogP contribution < -0.4 is 20.3 Å². The predicted octanol–water partition coefficient (Wildman–Crippen LogP) is 2.28. The highest BCUT2D eigenvalue weighted by atomic mass is 19.1. The Morgan fingerprint density at radius 3 is 2.77 bits per heavy atom. The maximum atomic E-state index is 14.5. The first-order valence-electron chi connectivity index (χ1n) is 9.69. The summed E-state index contributed by atoms with van der Waals surface area (Å²) in [6.45, 7) is 5.35. The molecular weight excluding hydrogens is 387 g/mol. The predicted molar refractivity (Wildman–Crippen MR) is 112 cm³/mol. The van der Waals surface area contributed by atoms with E-state index in [-0.39, 0.29) is 5.65 Å². The number of imidazole rings is 1. The molecule has 5 rings (SSSR count). The number of aromatic nitrogens is 5. The monoisotopic (exact) mass is 408 g/mol. The lowest BCUT2D eigenvalue weighted by Gasteiger charge is -2.28. The van der Waals surface area contributed by atoms with Gasteiger partial charge in [0.05, 0.1) is 24.0 Å². The summed E-state index contributed by atoms with van der Waals surface area (Å²) >= 11 is 0. The van der Waals surface area contributed by atoms with Crippen LogP contribution in [-0.2, 0) is 0 Å². The molecule has 4 aromatic rings. The number of hydrogen-bond acceptors (Lipinski definition) is 8. The molecule has 0 unspecified atom stereocenters. The third-order valence-corrected chi connectivity index (χ3v) is 5.10. The maximum Gasteiger partial charge on any atom is 0.228 e. The van der Waals surface area contributed by atoms with E-state index in [1.807, 2.05) is 13.0 Å². The number of pyridine rings is 2. The number of piperazine rings is 1. The number of anilines is 3. The summed E-state index contributed by atoms with van der Waals surface area (Å²) in [5.41, 5.74) is 2.26. The Kier molecular flexibility index (Phi) is 4.55. The summed E-state index contributed by atoms with van der Waals surface area (Å²) < 4.78 is 21.7. The average molecular weight is 408 g/mol. The highest BCUT2D eigenvalue weighted by Crippen LogP contribution is 2.33. The summed E-state index contributed by atoms with van der Waals surface area (Å²) in [7, 11) is 1.57. The van der Waals surface area contributed by atoms with Crippen LogP contribution in [0.25, 0.3) is 16.6 Å². The Morgan fingerprint density at radius 1 is 1.13 bits per heavy atom. The van der Waals surface area contributed by atoms with Crippen LogP contribution >= 0.6 is 0 Å². The second-order valence-corrected chi connectivity index (χ2v) is 7.16.